The molecule has 4 rings (SSSR count). The first-order valence-corrected chi connectivity index (χ1v) is 11.5. The van der Waals surface area contributed by atoms with Crippen molar-refractivity contribution in [2.45, 2.75) is 44.4 Å². The quantitative estimate of drug-likeness (QED) is 0.459. The van der Waals surface area contributed by atoms with Gasteiger partial charge in [0.25, 0.3) is 0 Å². The lowest BCUT2D eigenvalue weighted by Gasteiger charge is -2.43. The van der Waals surface area contributed by atoms with Crippen molar-refractivity contribution < 1.29 is 18.3 Å². The van der Waals surface area contributed by atoms with Gasteiger partial charge in [0.2, 0.25) is 0 Å². The summed E-state index contributed by atoms with van der Waals surface area (Å²) in [6.07, 6.45) is 2.70. The number of piperidine rings is 1. The molecule has 1 unspecified atom stereocenters. The number of alkyl halides is 3. The van der Waals surface area contributed by atoms with E-state index in [1.54, 1.807) is 6.08 Å². The summed E-state index contributed by atoms with van der Waals surface area (Å²) in [5.74, 6) is 0.502. The van der Waals surface area contributed by atoms with Crippen LogP contribution in [0.4, 0.5) is 13.2 Å². The Morgan fingerprint density at radius 1 is 1.03 bits per heavy atom. The van der Waals surface area contributed by atoms with Crippen molar-refractivity contribution >= 4 is 0 Å². The zero-order valence-electron chi connectivity index (χ0n) is 18.6. The van der Waals surface area contributed by atoms with E-state index in [0.29, 0.717) is 18.8 Å². The molecule has 3 atom stereocenters. The molecule has 1 fully saturated rings. The van der Waals surface area contributed by atoms with Gasteiger partial charge in [-0.25, -0.2) is 0 Å². The third-order valence-corrected chi connectivity index (χ3v) is 6.79. The lowest BCUT2D eigenvalue weighted by atomic mass is 9.79. The van der Waals surface area contributed by atoms with E-state index in [2.05, 4.69) is 47.9 Å². The van der Waals surface area contributed by atoms with Crippen LogP contribution in [0.5, 0.6) is 0 Å². The minimum atomic E-state index is -4.30. The Kier molecular flexibility index (Phi) is 7.08. The van der Waals surface area contributed by atoms with Crippen molar-refractivity contribution in [2.24, 2.45) is 11.8 Å². The Bertz CT molecular complexity index is 1010. The number of nitrogens with zero attached hydrogens (tertiary/aromatic N) is 1. The lowest BCUT2D eigenvalue weighted by molar-refractivity contribution is -0.0889. The fourth-order valence-corrected chi connectivity index (χ4v) is 5.08. The Balaban J connectivity index is 1.49. The fourth-order valence-electron chi connectivity index (χ4n) is 5.08. The van der Waals surface area contributed by atoms with Gasteiger partial charge in [-0.05, 0) is 54.3 Å². The van der Waals surface area contributed by atoms with E-state index >= 15 is 0 Å². The van der Waals surface area contributed by atoms with Crippen LogP contribution in [0.25, 0.3) is 11.1 Å². The van der Waals surface area contributed by atoms with Crippen LogP contribution < -0.4 is 0 Å². The van der Waals surface area contributed by atoms with Gasteiger partial charge in [-0.3, -0.25) is 4.90 Å². The molecule has 1 aliphatic carbocycles. The number of likely N-dealkylation sites (tertiary alicyclic amines) is 1. The molecule has 0 saturated carbocycles. The molecular formula is C28H30F3NO. The minimum Gasteiger partial charge on any atom is -0.513 e. The maximum Gasteiger partial charge on any atom is 0.416 e. The number of allylic oxidation sites excluding steroid dienone is 4. The van der Waals surface area contributed by atoms with Gasteiger partial charge >= 0.3 is 6.18 Å². The van der Waals surface area contributed by atoms with Gasteiger partial charge in [0.1, 0.15) is 0 Å². The Morgan fingerprint density at radius 3 is 2.33 bits per heavy atom. The summed E-state index contributed by atoms with van der Waals surface area (Å²) in [5, 5.41) is 9.69. The van der Waals surface area contributed by atoms with Crippen molar-refractivity contribution in [3.63, 3.8) is 0 Å². The summed E-state index contributed by atoms with van der Waals surface area (Å²) in [7, 11) is 0. The number of aliphatic hydroxyl groups is 1. The molecule has 174 valence electrons. The maximum atomic E-state index is 13.1. The Morgan fingerprint density at radius 2 is 1.73 bits per heavy atom. The SMILES string of the molecule is C=C(O)C[C@H]1CCN(Cc2ccc(-c3ccccc3)cc2)[C@@H](C2C=CC(C(F)(F)F)=CC2)C1. The number of hydrogen-bond acceptors (Lipinski definition) is 2. The topological polar surface area (TPSA) is 23.5 Å². The monoisotopic (exact) mass is 453 g/mol. The highest BCUT2D eigenvalue weighted by Crippen LogP contribution is 2.38. The van der Waals surface area contributed by atoms with Gasteiger partial charge in [0.15, 0.2) is 0 Å². The highest BCUT2D eigenvalue weighted by molar-refractivity contribution is 5.63. The third-order valence-electron chi connectivity index (χ3n) is 6.79. The molecule has 2 nitrogen and oxygen atoms in total. The smallest absolute Gasteiger partial charge is 0.416 e. The van der Waals surface area contributed by atoms with Crippen LogP contribution in [0, 0.1) is 11.8 Å². The highest BCUT2D eigenvalue weighted by Gasteiger charge is 2.37. The van der Waals surface area contributed by atoms with Gasteiger partial charge in [0.05, 0.1) is 11.3 Å². The molecule has 0 spiro atoms. The van der Waals surface area contributed by atoms with E-state index in [1.165, 1.54) is 23.3 Å². The molecule has 1 aliphatic heterocycles. The average Bonchev–Trinajstić information content (AvgIpc) is 2.80. The average molecular weight is 454 g/mol. The van der Waals surface area contributed by atoms with E-state index < -0.39 is 11.7 Å². The first kappa shape index (κ1) is 23.4. The Hall–Kier alpha value is -2.79. The molecule has 2 aromatic rings. The molecule has 1 N–H and O–H groups in total. The van der Waals surface area contributed by atoms with E-state index in [9.17, 15) is 18.3 Å². The molecule has 33 heavy (non-hydrogen) atoms. The van der Waals surface area contributed by atoms with Crippen LogP contribution in [0.15, 0.2) is 90.7 Å². The van der Waals surface area contributed by atoms with E-state index in [-0.39, 0.29) is 17.7 Å². The fraction of sp³-hybridized carbons (Fsp3) is 0.357. The van der Waals surface area contributed by atoms with E-state index in [0.717, 1.165) is 31.5 Å². The molecule has 2 aromatic carbocycles. The van der Waals surface area contributed by atoms with Crippen molar-refractivity contribution in [1.29, 1.82) is 0 Å². The summed E-state index contributed by atoms with van der Waals surface area (Å²) in [5.41, 5.74) is 2.97. The third kappa shape index (κ3) is 5.97. The number of benzene rings is 2. The molecular weight excluding hydrogens is 423 g/mol. The zero-order valence-corrected chi connectivity index (χ0v) is 18.6. The van der Waals surface area contributed by atoms with Gasteiger partial charge in [-0.15, -0.1) is 0 Å². The number of hydrogen-bond donors (Lipinski definition) is 1. The number of halogens is 3. The minimum absolute atomic E-state index is 0.0226. The summed E-state index contributed by atoms with van der Waals surface area (Å²) in [4.78, 5) is 2.40. The molecule has 1 saturated heterocycles. The second-order valence-corrected chi connectivity index (χ2v) is 9.18. The molecule has 0 amide bonds. The summed E-state index contributed by atoms with van der Waals surface area (Å²) in [6, 6.07) is 18.9. The van der Waals surface area contributed by atoms with Gasteiger partial charge in [-0.1, -0.05) is 79.4 Å². The van der Waals surface area contributed by atoms with Gasteiger partial charge in [0, 0.05) is 19.0 Å². The van der Waals surface area contributed by atoms with Crippen LogP contribution in [0.1, 0.15) is 31.2 Å². The number of rotatable bonds is 6. The molecule has 5 heteroatoms. The first-order valence-electron chi connectivity index (χ1n) is 11.5. The van der Waals surface area contributed by atoms with Crippen molar-refractivity contribution in [3.05, 3.63) is 96.3 Å². The van der Waals surface area contributed by atoms with Crippen LogP contribution in [0.2, 0.25) is 0 Å². The maximum absolute atomic E-state index is 13.1. The van der Waals surface area contributed by atoms with Crippen molar-refractivity contribution in [3.8, 4) is 11.1 Å². The van der Waals surface area contributed by atoms with Crippen LogP contribution >= 0.6 is 0 Å². The summed E-state index contributed by atoms with van der Waals surface area (Å²) in [6.45, 7) is 5.24. The number of aliphatic hydroxyl groups excluding tert-OH is 1. The molecule has 1 heterocycles. The summed E-state index contributed by atoms with van der Waals surface area (Å²) >= 11 is 0. The molecule has 0 bridgehead atoms. The van der Waals surface area contributed by atoms with Crippen molar-refractivity contribution in [1.82, 2.24) is 4.90 Å². The highest BCUT2D eigenvalue weighted by atomic mass is 19.4. The van der Waals surface area contributed by atoms with Crippen molar-refractivity contribution in [2.75, 3.05) is 6.54 Å². The second-order valence-electron chi connectivity index (χ2n) is 9.18. The first-order chi connectivity index (χ1) is 15.8. The predicted octanol–water partition coefficient (Wildman–Crippen LogP) is 7.46. The summed E-state index contributed by atoms with van der Waals surface area (Å²) < 4.78 is 39.2. The zero-order chi connectivity index (χ0) is 23.4. The normalized spacial score (nSPS) is 23.8. The Labute approximate surface area is 193 Å². The second kappa shape index (κ2) is 10.0. The van der Waals surface area contributed by atoms with Gasteiger partial charge in [-0.2, -0.15) is 13.2 Å². The molecule has 0 radical (unpaired) electrons. The predicted molar refractivity (Wildman–Crippen MR) is 127 cm³/mol. The standard InChI is InChI=1S/C28H30F3NO/c1-20(33)17-22-15-16-32(27(18-22)25-11-13-26(14-12-25)28(29,30)31)19-21-7-9-24(10-8-21)23-5-3-2-4-6-23/h2-11,13-14,22,25,27,33H,1,12,15-19H2/t22-,25?,27-/m1/s1. The van der Waals surface area contributed by atoms with E-state index in [4.69, 9.17) is 0 Å². The van der Waals surface area contributed by atoms with Crippen LogP contribution in [-0.2, 0) is 6.54 Å². The molecule has 0 aromatic heterocycles. The largest absolute Gasteiger partial charge is 0.513 e. The van der Waals surface area contributed by atoms with E-state index in [1.807, 2.05) is 18.2 Å². The van der Waals surface area contributed by atoms with Gasteiger partial charge < -0.3 is 5.11 Å². The van der Waals surface area contributed by atoms with Crippen LogP contribution in [0.3, 0.4) is 0 Å². The molecule has 2 aliphatic rings. The van der Waals surface area contributed by atoms with Crippen LogP contribution in [-0.4, -0.2) is 28.8 Å². The lowest BCUT2D eigenvalue weighted by Crippen LogP contribution is -2.46.